The average Bonchev–Trinajstić information content (AvgIpc) is 3.24. The van der Waals surface area contributed by atoms with Gasteiger partial charge in [-0.2, -0.15) is 5.26 Å². The van der Waals surface area contributed by atoms with Gasteiger partial charge in [-0.3, -0.25) is 0 Å². The molecule has 1 aliphatic heterocycles. The fourth-order valence-electron chi connectivity index (χ4n) is 3.24. The van der Waals surface area contributed by atoms with E-state index in [-0.39, 0.29) is 0 Å². The molecule has 0 radical (unpaired) electrons. The second-order valence-corrected chi connectivity index (χ2v) is 6.92. The first kappa shape index (κ1) is 19.8. The van der Waals surface area contributed by atoms with Gasteiger partial charge in [-0.05, 0) is 72.9 Å². The zero-order valence-electron chi connectivity index (χ0n) is 16.0. The quantitative estimate of drug-likeness (QED) is 0.659. The van der Waals surface area contributed by atoms with Gasteiger partial charge in [0.15, 0.2) is 0 Å². The van der Waals surface area contributed by atoms with E-state index in [4.69, 9.17) is 10.00 Å². The zero-order chi connectivity index (χ0) is 19.6. The molecule has 1 aliphatic rings. The molecule has 0 spiro atoms. The summed E-state index contributed by atoms with van der Waals surface area (Å²) in [4.78, 5) is 4.00. The fourth-order valence-corrected chi connectivity index (χ4v) is 3.24. The summed E-state index contributed by atoms with van der Waals surface area (Å²) in [6, 6.07) is 12.0. The van der Waals surface area contributed by atoms with Gasteiger partial charge in [0.25, 0.3) is 0 Å². The molecule has 3 rings (SSSR count). The van der Waals surface area contributed by atoms with Crippen molar-refractivity contribution in [3.8, 4) is 11.8 Å². The first-order valence-corrected chi connectivity index (χ1v) is 9.60. The van der Waals surface area contributed by atoms with Crippen molar-refractivity contribution in [3.63, 3.8) is 0 Å². The van der Waals surface area contributed by atoms with Crippen molar-refractivity contribution in [2.24, 2.45) is 5.92 Å². The lowest BCUT2D eigenvalue weighted by Gasteiger charge is -2.12. The average molecular weight is 374 g/mol. The number of ether oxygens (including phenoxy) is 1. The van der Waals surface area contributed by atoms with E-state index in [0.29, 0.717) is 18.2 Å². The molecule has 1 atom stereocenters. The number of nitriles is 1. The van der Waals surface area contributed by atoms with Crippen molar-refractivity contribution in [1.29, 1.82) is 5.26 Å². The molecule has 5 heteroatoms. The Morgan fingerprint density at radius 1 is 1.29 bits per heavy atom. The van der Waals surface area contributed by atoms with Crippen LogP contribution in [0.2, 0.25) is 0 Å². The topological polar surface area (TPSA) is 70.0 Å². The molecule has 2 heterocycles. The Kier molecular flexibility index (Phi) is 7.36. The highest BCUT2D eigenvalue weighted by Gasteiger charge is 2.13. The third-order valence-electron chi connectivity index (χ3n) is 4.65. The third-order valence-corrected chi connectivity index (χ3v) is 4.65. The van der Waals surface area contributed by atoms with E-state index in [2.05, 4.69) is 40.4 Å². The molecule has 1 aromatic carbocycles. The van der Waals surface area contributed by atoms with Crippen LogP contribution in [-0.2, 0) is 6.54 Å². The predicted octanol–water partition coefficient (Wildman–Crippen LogP) is 3.39. The van der Waals surface area contributed by atoms with E-state index in [1.807, 2.05) is 24.3 Å². The Balaban J connectivity index is 1.71. The van der Waals surface area contributed by atoms with Crippen molar-refractivity contribution in [1.82, 2.24) is 15.6 Å². The second-order valence-electron chi connectivity index (χ2n) is 6.92. The monoisotopic (exact) mass is 374 g/mol. The van der Waals surface area contributed by atoms with Crippen LogP contribution in [-0.4, -0.2) is 31.2 Å². The van der Waals surface area contributed by atoms with Gasteiger partial charge < -0.3 is 15.4 Å². The number of nitrogens with zero attached hydrogens (tertiary/aromatic N) is 2. The minimum absolute atomic E-state index is 0.413. The van der Waals surface area contributed by atoms with Gasteiger partial charge in [0.1, 0.15) is 24.1 Å². The molecule has 2 N–H and O–H groups in total. The van der Waals surface area contributed by atoms with Crippen LogP contribution in [0.5, 0.6) is 5.75 Å². The summed E-state index contributed by atoms with van der Waals surface area (Å²) in [7, 11) is 0. The molecule has 0 amide bonds. The summed E-state index contributed by atoms with van der Waals surface area (Å²) in [5.74, 6) is 1.54. The van der Waals surface area contributed by atoms with Crippen LogP contribution in [0.25, 0.3) is 12.2 Å². The smallest absolute Gasteiger partial charge is 0.141 e. The Morgan fingerprint density at radius 3 is 2.96 bits per heavy atom. The van der Waals surface area contributed by atoms with E-state index in [1.165, 1.54) is 12.0 Å². The second kappa shape index (κ2) is 10.4. The molecule has 0 saturated carbocycles. The molecular formula is C23H26N4O. The van der Waals surface area contributed by atoms with Crippen LogP contribution in [0.1, 0.15) is 28.8 Å². The Bertz CT molecular complexity index is 863. The number of hydrogen-bond donors (Lipinski definition) is 2. The summed E-state index contributed by atoms with van der Waals surface area (Å²) >= 11 is 0. The highest BCUT2D eigenvalue weighted by atomic mass is 16.5. The molecule has 0 aliphatic carbocycles. The van der Waals surface area contributed by atoms with Gasteiger partial charge in [0, 0.05) is 12.7 Å². The Morgan fingerprint density at radius 2 is 2.18 bits per heavy atom. The number of hydrogen-bond acceptors (Lipinski definition) is 5. The lowest BCUT2D eigenvalue weighted by Crippen LogP contribution is -2.24. The molecule has 5 nitrogen and oxygen atoms in total. The van der Waals surface area contributed by atoms with Crippen LogP contribution >= 0.6 is 0 Å². The van der Waals surface area contributed by atoms with Gasteiger partial charge in [-0.15, -0.1) is 0 Å². The van der Waals surface area contributed by atoms with E-state index >= 15 is 0 Å². The predicted molar refractivity (Wildman–Crippen MR) is 113 cm³/mol. The standard InChI is InChI=1S/C23H26N4O/c1-2-9-28-23-12-19(4-3-18-6-8-27-22(11-18)14-24)10-21(13-23)17-26-16-20-5-7-25-15-20/h2-4,6,8,10-13,20,25-26H,1,5,7,9,15-17H2/b4-3+. The molecule has 1 saturated heterocycles. The van der Waals surface area contributed by atoms with Crippen molar-refractivity contribution >= 4 is 12.2 Å². The largest absolute Gasteiger partial charge is 0.490 e. The lowest BCUT2D eigenvalue weighted by atomic mass is 10.1. The van der Waals surface area contributed by atoms with Crippen LogP contribution in [0.15, 0.2) is 49.2 Å². The van der Waals surface area contributed by atoms with E-state index in [0.717, 1.165) is 43.1 Å². The third kappa shape index (κ3) is 6.05. The van der Waals surface area contributed by atoms with Crippen molar-refractivity contribution in [2.75, 3.05) is 26.2 Å². The zero-order valence-corrected chi connectivity index (χ0v) is 16.0. The van der Waals surface area contributed by atoms with Crippen LogP contribution < -0.4 is 15.4 Å². The summed E-state index contributed by atoms with van der Waals surface area (Å²) in [6.45, 7) is 8.23. The minimum Gasteiger partial charge on any atom is -0.490 e. The molecule has 28 heavy (non-hydrogen) atoms. The van der Waals surface area contributed by atoms with E-state index < -0.39 is 0 Å². The summed E-state index contributed by atoms with van der Waals surface area (Å²) in [5, 5.41) is 16.0. The highest BCUT2D eigenvalue weighted by Crippen LogP contribution is 2.20. The number of benzene rings is 1. The maximum Gasteiger partial charge on any atom is 0.141 e. The number of nitrogens with one attached hydrogen (secondary N) is 2. The number of rotatable bonds is 9. The van der Waals surface area contributed by atoms with Crippen LogP contribution in [0.3, 0.4) is 0 Å². The number of pyridine rings is 1. The fraction of sp³-hybridized carbons (Fsp3) is 0.304. The SMILES string of the molecule is C=CCOc1cc(/C=C/c2ccnc(C#N)c2)cc(CNCC2CCNC2)c1. The molecule has 144 valence electrons. The molecule has 1 fully saturated rings. The molecular weight excluding hydrogens is 348 g/mol. The van der Waals surface area contributed by atoms with Gasteiger partial charge in [0.2, 0.25) is 0 Å². The Labute approximate surface area is 166 Å². The molecule has 1 aromatic heterocycles. The lowest BCUT2D eigenvalue weighted by molar-refractivity contribution is 0.362. The van der Waals surface area contributed by atoms with E-state index in [9.17, 15) is 0 Å². The van der Waals surface area contributed by atoms with Crippen LogP contribution in [0.4, 0.5) is 0 Å². The maximum absolute atomic E-state index is 8.99. The van der Waals surface area contributed by atoms with Gasteiger partial charge in [-0.1, -0.05) is 30.9 Å². The van der Waals surface area contributed by atoms with Crippen molar-refractivity contribution in [3.05, 3.63) is 71.6 Å². The first-order chi connectivity index (χ1) is 13.8. The van der Waals surface area contributed by atoms with Crippen molar-refractivity contribution < 1.29 is 4.74 Å². The number of aromatic nitrogens is 1. The summed E-state index contributed by atoms with van der Waals surface area (Å²) in [6.07, 6.45) is 8.64. The van der Waals surface area contributed by atoms with Crippen LogP contribution in [0, 0.1) is 17.2 Å². The highest BCUT2D eigenvalue weighted by molar-refractivity contribution is 5.70. The summed E-state index contributed by atoms with van der Waals surface area (Å²) < 4.78 is 5.76. The first-order valence-electron chi connectivity index (χ1n) is 9.60. The van der Waals surface area contributed by atoms with Crippen molar-refractivity contribution in [2.45, 2.75) is 13.0 Å². The van der Waals surface area contributed by atoms with E-state index in [1.54, 1.807) is 18.3 Å². The molecule has 1 unspecified atom stereocenters. The van der Waals surface area contributed by atoms with Gasteiger partial charge in [-0.25, -0.2) is 4.98 Å². The minimum atomic E-state index is 0.413. The Hall–Kier alpha value is -2.94. The maximum atomic E-state index is 8.99. The summed E-state index contributed by atoms with van der Waals surface area (Å²) in [5.41, 5.74) is 3.59. The van der Waals surface area contributed by atoms with Gasteiger partial charge in [0.05, 0.1) is 0 Å². The molecule has 2 aromatic rings. The molecule has 0 bridgehead atoms. The normalized spacial score (nSPS) is 16.2. The van der Waals surface area contributed by atoms with Gasteiger partial charge >= 0.3 is 0 Å².